The van der Waals surface area contributed by atoms with Crippen LogP contribution in [0.4, 0.5) is 33.5 Å². The standard InChI is InChI=1S/C27H24F5N7O3/c28-19-2-1-8-35-25(19)39-23(27(30,31)32)17(13-36-39)26(41)37-15-3-4-22(20(29)12-15)42-21-5-9-34-24(33)18(21)14-38-10-6-16(40)7-11-38/h1-5,8-9,12-13,16,40H,6-7,10-11,14H2,(H2,33,34)(H,37,41). The summed E-state index contributed by atoms with van der Waals surface area (Å²) in [5.74, 6) is -3.80. The van der Waals surface area contributed by atoms with Gasteiger partial charge in [0.1, 0.15) is 11.6 Å². The van der Waals surface area contributed by atoms with E-state index in [-0.39, 0.29) is 33.8 Å². The van der Waals surface area contributed by atoms with Gasteiger partial charge >= 0.3 is 6.18 Å². The molecule has 1 amide bonds. The van der Waals surface area contributed by atoms with E-state index in [1.807, 2.05) is 0 Å². The number of ether oxygens (including phenoxy) is 1. The number of pyridine rings is 2. The molecule has 15 heteroatoms. The highest BCUT2D eigenvalue weighted by Crippen LogP contribution is 2.35. The number of hydrogen-bond donors (Lipinski definition) is 3. The number of rotatable bonds is 7. The average Bonchev–Trinajstić information content (AvgIpc) is 3.40. The maximum absolute atomic E-state index is 15.1. The van der Waals surface area contributed by atoms with Crippen LogP contribution in [0.15, 0.2) is 55.0 Å². The van der Waals surface area contributed by atoms with Crippen molar-refractivity contribution in [1.29, 1.82) is 0 Å². The number of likely N-dealkylation sites (tertiary alicyclic amines) is 1. The maximum Gasteiger partial charge on any atom is 0.434 e. The number of benzene rings is 1. The Morgan fingerprint density at radius 3 is 2.52 bits per heavy atom. The van der Waals surface area contributed by atoms with Crippen molar-refractivity contribution < 1.29 is 36.6 Å². The quantitative estimate of drug-likeness (QED) is 0.268. The summed E-state index contributed by atoms with van der Waals surface area (Å²) in [7, 11) is 0. The molecule has 3 aromatic heterocycles. The largest absolute Gasteiger partial charge is 0.454 e. The third-order valence-corrected chi connectivity index (χ3v) is 6.62. The minimum absolute atomic E-state index is 0.170. The van der Waals surface area contributed by atoms with Gasteiger partial charge in [0.05, 0.1) is 23.4 Å². The molecule has 0 atom stereocenters. The lowest BCUT2D eigenvalue weighted by atomic mass is 10.1. The molecule has 5 rings (SSSR count). The number of alkyl halides is 3. The molecule has 1 fully saturated rings. The summed E-state index contributed by atoms with van der Waals surface area (Å²) in [5, 5.41) is 15.5. The van der Waals surface area contributed by atoms with Crippen molar-refractivity contribution in [3.05, 3.63) is 83.4 Å². The first kappa shape index (κ1) is 28.9. The minimum atomic E-state index is -5.10. The number of amides is 1. The van der Waals surface area contributed by atoms with Crippen LogP contribution in [0.2, 0.25) is 0 Å². The van der Waals surface area contributed by atoms with E-state index in [4.69, 9.17) is 10.5 Å². The summed E-state index contributed by atoms with van der Waals surface area (Å²) >= 11 is 0. The first-order valence-corrected chi connectivity index (χ1v) is 12.7. The smallest absolute Gasteiger partial charge is 0.434 e. The van der Waals surface area contributed by atoms with Crippen molar-refractivity contribution in [2.24, 2.45) is 0 Å². The Balaban J connectivity index is 1.35. The first-order valence-electron chi connectivity index (χ1n) is 12.7. The summed E-state index contributed by atoms with van der Waals surface area (Å²) in [4.78, 5) is 22.5. The highest BCUT2D eigenvalue weighted by atomic mass is 19.4. The SMILES string of the molecule is Nc1nccc(Oc2ccc(NC(=O)c3cnn(-c4ncccc4F)c3C(F)(F)F)cc2F)c1CN1CCC(O)CC1. The van der Waals surface area contributed by atoms with E-state index in [2.05, 4.69) is 25.3 Å². The van der Waals surface area contributed by atoms with Gasteiger partial charge in [-0.3, -0.25) is 9.69 Å². The van der Waals surface area contributed by atoms with E-state index >= 15 is 4.39 Å². The zero-order chi connectivity index (χ0) is 30.0. The molecule has 0 aliphatic carbocycles. The number of nitrogen functional groups attached to an aromatic ring is 1. The number of aliphatic hydroxyl groups excluding tert-OH is 1. The minimum Gasteiger partial charge on any atom is -0.454 e. The van der Waals surface area contributed by atoms with Crippen LogP contribution in [0.1, 0.15) is 34.5 Å². The second-order valence-corrected chi connectivity index (χ2v) is 9.51. The number of aliphatic hydroxyl groups is 1. The fourth-order valence-electron chi connectivity index (χ4n) is 4.51. The Hall–Kier alpha value is -4.63. The van der Waals surface area contributed by atoms with Crippen LogP contribution in [0.25, 0.3) is 5.82 Å². The lowest BCUT2D eigenvalue weighted by molar-refractivity contribution is -0.143. The van der Waals surface area contributed by atoms with Gasteiger partial charge in [0.15, 0.2) is 28.9 Å². The lowest BCUT2D eigenvalue weighted by Crippen LogP contribution is -2.35. The zero-order valence-electron chi connectivity index (χ0n) is 21.8. The number of nitrogens with two attached hydrogens (primary N) is 1. The third-order valence-electron chi connectivity index (χ3n) is 6.62. The lowest BCUT2D eigenvalue weighted by Gasteiger charge is -2.30. The van der Waals surface area contributed by atoms with Gasteiger partial charge in [-0.25, -0.2) is 23.4 Å². The molecule has 1 aliphatic rings. The highest BCUT2D eigenvalue weighted by molar-refractivity contribution is 6.05. The van der Waals surface area contributed by atoms with Crippen molar-refractivity contribution in [2.45, 2.75) is 31.7 Å². The highest BCUT2D eigenvalue weighted by Gasteiger charge is 2.41. The number of anilines is 2. The van der Waals surface area contributed by atoms with Crippen molar-refractivity contribution in [3.8, 4) is 17.3 Å². The van der Waals surface area contributed by atoms with Crippen LogP contribution in [-0.4, -0.2) is 54.9 Å². The number of piperidine rings is 1. The number of halogens is 5. The van der Waals surface area contributed by atoms with Gasteiger partial charge in [-0.2, -0.15) is 18.3 Å². The Bertz CT molecular complexity index is 1600. The summed E-state index contributed by atoms with van der Waals surface area (Å²) in [6.45, 7) is 1.61. The Kier molecular flexibility index (Phi) is 8.04. The van der Waals surface area contributed by atoms with Crippen LogP contribution in [0, 0.1) is 11.6 Å². The van der Waals surface area contributed by atoms with Gasteiger partial charge < -0.3 is 20.9 Å². The van der Waals surface area contributed by atoms with Gasteiger partial charge in [0.2, 0.25) is 0 Å². The van der Waals surface area contributed by atoms with Crippen molar-refractivity contribution in [2.75, 3.05) is 24.1 Å². The molecule has 1 saturated heterocycles. The number of carbonyl (C=O) groups excluding carboxylic acids is 1. The molecule has 4 N–H and O–H groups in total. The summed E-state index contributed by atoms with van der Waals surface area (Å²) < 4.78 is 76.9. The van der Waals surface area contributed by atoms with Gasteiger partial charge in [-0.15, -0.1) is 0 Å². The monoisotopic (exact) mass is 589 g/mol. The molecular formula is C27H24F5N7O3. The van der Waals surface area contributed by atoms with Crippen molar-refractivity contribution in [1.82, 2.24) is 24.6 Å². The van der Waals surface area contributed by atoms with Gasteiger partial charge in [0.25, 0.3) is 5.91 Å². The summed E-state index contributed by atoms with van der Waals surface area (Å²) in [6.07, 6.45) is -1.17. The normalized spacial score (nSPS) is 14.6. The number of carbonyl (C=O) groups is 1. The van der Waals surface area contributed by atoms with Crippen molar-refractivity contribution >= 4 is 17.4 Å². The first-order chi connectivity index (χ1) is 20.0. The van der Waals surface area contributed by atoms with E-state index in [0.29, 0.717) is 44.2 Å². The van der Waals surface area contributed by atoms with E-state index in [0.717, 1.165) is 18.3 Å². The van der Waals surface area contributed by atoms with Crippen LogP contribution < -0.4 is 15.8 Å². The molecule has 4 aromatic rings. The number of nitrogens with zero attached hydrogens (tertiary/aromatic N) is 5. The van der Waals surface area contributed by atoms with Crippen molar-refractivity contribution in [3.63, 3.8) is 0 Å². The fourth-order valence-corrected chi connectivity index (χ4v) is 4.51. The van der Waals surface area contributed by atoms with E-state index in [1.165, 1.54) is 30.5 Å². The summed E-state index contributed by atoms with van der Waals surface area (Å²) in [5.41, 5.74) is 3.94. The van der Waals surface area contributed by atoms with E-state index < -0.39 is 40.8 Å². The maximum atomic E-state index is 15.1. The number of aromatic nitrogens is 4. The fraction of sp³-hybridized carbons (Fsp3) is 0.259. The molecular weight excluding hydrogens is 565 g/mol. The molecule has 10 nitrogen and oxygen atoms in total. The van der Waals surface area contributed by atoms with Crippen LogP contribution >= 0.6 is 0 Å². The Morgan fingerprint density at radius 2 is 1.83 bits per heavy atom. The molecule has 1 aliphatic heterocycles. The Morgan fingerprint density at radius 1 is 1.07 bits per heavy atom. The average molecular weight is 590 g/mol. The number of hydrogen-bond acceptors (Lipinski definition) is 8. The van der Waals surface area contributed by atoms with E-state index in [1.54, 1.807) is 0 Å². The molecule has 0 spiro atoms. The molecule has 0 bridgehead atoms. The predicted octanol–water partition coefficient (Wildman–Crippen LogP) is 4.54. The van der Waals surface area contributed by atoms with Gasteiger partial charge in [-0.1, -0.05) is 0 Å². The molecule has 4 heterocycles. The second kappa shape index (κ2) is 11.7. The predicted molar refractivity (Wildman–Crippen MR) is 140 cm³/mol. The van der Waals surface area contributed by atoms with Crippen LogP contribution in [-0.2, 0) is 12.7 Å². The van der Waals surface area contributed by atoms with Gasteiger partial charge in [0, 0.05) is 43.8 Å². The molecule has 42 heavy (non-hydrogen) atoms. The van der Waals surface area contributed by atoms with Crippen LogP contribution in [0.3, 0.4) is 0 Å². The molecule has 0 unspecified atom stereocenters. The van der Waals surface area contributed by atoms with Crippen LogP contribution in [0.5, 0.6) is 11.5 Å². The molecule has 0 radical (unpaired) electrons. The topological polar surface area (TPSA) is 131 Å². The molecule has 220 valence electrons. The second-order valence-electron chi connectivity index (χ2n) is 9.51. The molecule has 1 aromatic carbocycles. The number of nitrogens with one attached hydrogen (secondary N) is 1. The summed E-state index contributed by atoms with van der Waals surface area (Å²) in [6, 6.07) is 6.91. The Labute approximate surface area is 235 Å². The van der Waals surface area contributed by atoms with E-state index in [9.17, 15) is 27.5 Å². The zero-order valence-corrected chi connectivity index (χ0v) is 21.8. The molecule has 0 saturated carbocycles. The van der Waals surface area contributed by atoms with Gasteiger partial charge in [-0.05, 0) is 43.2 Å². The third kappa shape index (κ3) is 6.16.